The van der Waals surface area contributed by atoms with E-state index in [1.54, 1.807) is 0 Å². The van der Waals surface area contributed by atoms with Crippen LogP contribution in [0.4, 0.5) is 0 Å². The molecule has 0 aliphatic carbocycles. The van der Waals surface area contributed by atoms with Crippen molar-refractivity contribution in [2.45, 2.75) is 13.0 Å². The van der Waals surface area contributed by atoms with Gasteiger partial charge in [-0.1, -0.05) is 0 Å². The Hall–Kier alpha value is -0.840. The lowest BCUT2D eigenvalue weighted by molar-refractivity contribution is 0.0374. The van der Waals surface area contributed by atoms with Crippen molar-refractivity contribution >= 4 is 0 Å². The predicted octanol–water partition coefficient (Wildman–Crippen LogP) is 0.827. The fourth-order valence-electron chi connectivity index (χ4n) is 1.95. The smallest absolute Gasteiger partial charge is 0.0594 e. The highest BCUT2D eigenvalue weighted by atomic mass is 16.5. The molecule has 0 bridgehead atoms. The van der Waals surface area contributed by atoms with E-state index in [4.69, 9.17) is 4.74 Å². The van der Waals surface area contributed by atoms with Gasteiger partial charge in [0.15, 0.2) is 0 Å². The number of nitrogens with zero attached hydrogens (tertiary/aromatic N) is 1. The van der Waals surface area contributed by atoms with Crippen LogP contribution in [0.5, 0.6) is 0 Å². The zero-order chi connectivity index (χ0) is 11.1. The van der Waals surface area contributed by atoms with Gasteiger partial charge in [-0.2, -0.15) is 0 Å². The highest BCUT2D eigenvalue weighted by Crippen LogP contribution is 1.98. The van der Waals surface area contributed by atoms with Gasteiger partial charge in [0.05, 0.1) is 13.2 Å². The third kappa shape index (κ3) is 3.96. The zero-order valence-corrected chi connectivity index (χ0v) is 9.74. The van der Waals surface area contributed by atoms with Crippen LogP contribution in [0.25, 0.3) is 0 Å². The molecule has 1 aliphatic rings. The number of hydrogen-bond donors (Lipinski definition) is 2. The Kier molecular flexibility index (Phi) is 4.86. The quantitative estimate of drug-likeness (QED) is 0.702. The van der Waals surface area contributed by atoms with Crippen molar-refractivity contribution < 1.29 is 4.74 Å². The summed E-state index contributed by atoms with van der Waals surface area (Å²) >= 11 is 0. The Balaban J connectivity index is 1.48. The first-order valence-corrected chi connectivity index (χ1v) is 6.08. The molecule has 1 aromatic heterocycles. The van der Waals surface area contributed by atoms with Gasteiger partial charge < -0.3 is 15.0 Å². The summed E-state index contributed by atoms with van der Waals surface area (Å²) in [7, 11) is 0. The SMILES string of the molecule is c1c[nH]c(CNCCCN2CCOCC2)c1. The number of rotatable bonds is 6. The van der Waals surface area contributed by atoms with E-state index in [1.165, 1.54) is 18.7 Å². The molecule has 90 valence electrons. The maximum Gasteiger partial charge on any atom is 0.0594 e. The average molecular weight is 223 g/mol. The first kappa shape index (κ1) is 11.6. The maximum absolute atomic E-state index is 5.31. The minimum Gasteiger partial charge on any atom is -0.379 e. The Labute approximate surface area is 97.0 Å². The monoisotopic (exact) mass is 223 g/mol. The first-order valence-electron chi connectivity index (χ1n) is 6.08. The zero-order valence-electron chi connectivity index (χ0n) is 9.74. The summed E-state index contributed by atoms with van der Waals surface area (Å²) < 4.78 is 5.31. The summed E-state index contributed by atoms with van der Waals surface area (Å²) in [5.74, 6) is 0. The lowest BCUT2D eigenvalue weighted by Gasteiger charge is -2.26. The number of morpholine rings is 1. The fraction of sp³-hybridized carbons (Fsp3) is 0.667. The van der Waals surface area contributed by atoms with Crippen molar-refractivity contribution in [3.63, 3.8) is 0 Å². The normalized spacial score (nSPS) is 17.8. The molecule has 1 aliphatic heterocycles. The van der Waals surface area contributed by atoms with Crippen LogP contribution in [-0.4, -0.2) is 49.3 Å². The van der Waals surface area contributed by atoms with Gasteiger partial charge in [0.2, 0.25) is 0 Å². The molecule has 4 heteroatoms. The van der Waals surface area contributed by atoms with Crippen molar-refractivity contribution in [3.05, 3.63) is 24.0 Å². The highest BCUT2D eigenvalue weighted by Gasteiger charge is 2.08. The van der Waals surface area contributed by atoms with Crippen molar-refractivity contribution in [1.29, 1.82) is 0 Å². The standard InChI is InChI=1S/C12H21N3O/c1-3-12(14-5-1)11-13-4-2-6-15-7-9-16-10-8-15/h1,3,5,13-14H,2,4,6-11H2. The molecule has 0 atom stereocenters. The molecule has 1 aromatic rings. The number of nitrogens with one attached hydrogen (secondary N) is 2. The highest BCUT2D eigenvalue weighted by molar-refractivity contribution is 5.02. The second kappa shape index (κ2) is 6.68. The van der Waals surface area contributed by atoms with Gasteiger partial charge in [0.25, 0.3) is 0 Å². The third-order valence-electron chi connectivity index (χ3n) is 2.91. The molecule has 0 radical (unpaired) electrons. The molecule has 1 saturated heterocycles. The summed E-state index contributed by atoms with van der Waals surface area (Å²) in [6, 6.07) is 4.14. The number of H-pyrrole nitrogens is 1. The van der Waals surface area contributed by atoms with Gasteiger partial charge in [0, 0.05) is 31.5 Å². The lowest BCUT2D eigenvalue weighted by Crippen LogP contribution is -2.37. The molecule has 0 aromatic carbocycles. The van der Waals surface area contributed by atoms with E-state index in [0.717, 1.165) is 39.4 Å². The second-order valence-electron chi connectivity index (χ2n) is 4.18. The van der Waals surface area contributed by atoms with Gasteiger partial charge >= 0.3 is 0 Å². The molecule has 16 heavy (non-hydrogen) atoms. The van der Waals surface area contributed by atoms with Crippen LogP contribution in [0.15, 0.2) is 18.3 Å². The number of aromatic nitrogens is 1. The molecule has 2 N–H and O–H groups in total. The van der Waals surface area contributed by atoms with Crippen LogP contribution >= 0.6 is 0 Å². The summed E-state index contributed by atoms with van der Waals surface area (Å²) in [5.41, 5.74) is 1.26. The van der Waals surface area contributed by atoms with Gasteiger partial charge in [-0.25, -0.2) is 0 Å². The summed E-state index contributed by atoms with van der Waals surface area (Å²) in [6.07, 6.45) is 3.17. The molecular formula is C12H21N3O. The molecule has 2 rings (SSSR count). The molecular weight excluding hydrogens is 202 g/mol. The second-order valence-corrected chi connectivity index (χ2v) is 4.18. The molecule has 2 heterocycles. The predicted molar refractivity (Wildman–Crippen MR) is 64.4 cm³/mol. The van der Waals surface area contributed by atoms with Crippen molar-refractivity contribution in [1.82, 2.24) is 15.2 Å². The Morgan fingerprint density at radius 3 is 3.00 bits per heavy atom. The van der Waals surface area contributed by atoms with Crippen molar-refractivity contribution in [2.24, 2.45) is 0 Å². The number of hydrogen-bond acceptors (Lipinski definition) is 3. The largest absolute Gasteiger partial charge is 0.379 e. The number of aromatic amines is 1. The third-order valence-corrected chi connectivity index (χ3v) is 2.91. The van der Waals surface area contributed by atoms with E-state index in [0.29, 0.717) is 0 Å². The van der Waals surface area contributed by atoms with Crippen LogP contribution in [-0.2, 0) is 11.3 Å². The van der Waals surface area contributed by atoms with E-state index >= 15 is 0 Å². The van der Waals surface area contributed by atoms with Gasteiger partial charge in [-0.05, 0) is 31.6 Å². The summed E-state index contributed by atoms with van der Waals surface area (Å²) in [5, 5.41) is 3.44. The van der Waals surface area contributed by atoms with Crippen LogP contribution in [0.3, 0.4) is 0 Å². The molecule has 1 fully saturated rings. The molecule has 0 unspecified atom stereocenters. The first-order chi connectivity index (χ1) is 7.95. The Morgan fingerprint density at radius 2 is 2.25 bits per heavy atom. The minimum atomic E-state index is 0.899. The van der Waals surface area contributed by atoms with Crippen molar-refractivity contribution in [3.8, 4) is 0 Å². The van der Waals surface area contributed by atoms with E-state index in [2.05, 4.69) is 21.3 Å². The van der Waals surface area contributed by atoms with Crippen LogP contribution in [0.1, 0.15) is 12.1 Å². The van der Waals surface area contributed by atoms with E-state index < -0.39 is 0 Å². The van der Waals surface area contributed by atoms with Crippen LogP contribution < -0.4 is 5.32 Å². The fourth-order valence-corrected chi connectivity index (χ4v) is 1.95. The van der Waals surface area contributed by atoms with Crippen LogP contribution in [0, 0.1) is 0 Å². The minimum absolute atomic E-state index is 0.899. The van der Waals surface area contributed by atoms with E-state index in [1.807, 2.05) is 12.3 Å². The average Bonchev–Trinajstić information content (AvgIpc) is 2.83. The molecule has 0 amide bonds. The van der Waals surface area contributed by atoms with Gasteiger partial charge in [-0.3, -0.25) is 4.90 Å². The van der Waals surface area contributed by atoms with E-state index in [-0.39, 0.29) is 0 Å². The topological polar surface area (TPSA) is 40.3 Å². The maximum atomic E-state index is 5.31. The van der Waals surface area contributed by atoms with Gasteiger partial charge in [-0.15, -0.1) is 0 Å². The molecule has 0 saturated carbocycles. The summed E-state index contributed by atoms with van der Waals surface area (Å²) in [6.45, 7) is 7.19. The molecule has 4 nitrogen and oxygen atoms in total. The molecule has 0 spiro atoms. The number of ether oxygens (including phenoxy) is 1. The Morgan fingerprint density at radius 1 is 1.38 bits per heavy atom. The lowest BCUT2D eigenvalue weighted by atomic mass is 10.3. The Bertz CT molecular complexity index is 268. The van der Waals surface area contributed by atoms with E-state index in [9.17, 15) is 0 Å². The van der Waals surface area contributed by atoms with Crippen molar-refractivity contribution in [2.75, 3.05) is 39.4 Å². The summed E-state index contributed by atoms with van der Waals surface area (Å²) in [4.78, 5) is 5.66. The van der Waals surface area contributed by atoms with Crippen LogP contribution in [0.2, 0.25) is 0 Å². The van der Waals surface area contributed by atoms with Gasteiger partial charge in [0.1, 0.15) is 0 Å².